The molecular formula is C16H18ClN3O5. The SMILES string of the molecule is COC(=O)C[C@]1(C(=O)OC)N(C)C(C(C)=O)=NN1c1ccc(Cl)cc1. The Morgan fingerprint density at radius 1 is 1.16 bits per heavy atom. The molecule has 0 saturated heterocycles. The Morgan fingerprint density at radius 2 is 1.76 bits per heavy atom. The number of carbonyl (C=O) groups is 3. The Balaban J connectivity index is 2.66. The van der Waals surface area contributed by atoms with Crippen molar-refractivity contribution in [2.45, 2.75) is 19.0 Å². The summed E-state index contributed by atoms with van der Waals surface area (Å²) in [5, 5.41) is 6.02. The number of esters is 2. The van der Waals surface area contributed by atoms with E-state index in [4.69, 9.17) is 21.1 Å². The number of hydrogen-bond donors (Lipinski definition) is 0. The molecule has 8 nitrogen and oxygen atoms in total. The summed E-state index contributed by atoms with van der Waals surface area (Å²) in [6.07, 6.45) is -0.393. The lowest BCUT2D eigenvalue weighted by molar-refractivity contribution is -0.158. The molecule has 0 amide bonds. The standard InChI is InChI=1S/C16H18ClN3O5/c1-10(21)14-18-20(12-7-5-11(17)6-8-12)16(19(14)2,15(23)25-4)9-13(22)24-3/h5-8H,9H2,1-4H3/t16-/m0/s1. The van der Waals surface area contributed by atoms with E-state index in [0.717, 1.165) is 0 Å². The third-order valence-corrected chi connectivity index (χ3v) is 4.19. The molecule has 0 aliphatic carbocycles. The van der Waals surface area contributed by atoms with Gasteiger partial charge in [-0.05, 0) is 24.3 Å². The quantitative estimate of drug-likeness (QED) is 0.727. The van der Waals surface area contributed by atoms with Gasteiger partial charge in [-0.15, -0.1) is 5.10 Å². The van der Waals surface area contributed by atoms with Gasteiger partial charge in [0, 0.05) is 19.0 Å². The van der Waals surface area contributed by atoms with Gasteiger partial charge in [0.2, 0.25) is 5.66 Å². The number of anilines is 1. The number of rotatable bonds is 5. The van der Waals surface area contributed by atoms with Crippen molar-refractivity contribution in [2.24, 2.45) is 5.10 Å². The van der Waals surface area contributed by atoms with Gasteiger partial charge in [-0.25, -0.2) is 9.80 Å². The number of benzene rings is 1. The Hall–Kier alpha value is -2.61. The van der Waals surface area contributed by atoms with Crippen LogP contribution in [0.3, 0.4) is 0 Å². The summed E-state index contributed by atoms with van der Waals surface area (Å²) >= 11 is 5.91. The molecule has 134 valence electrons. The van der Waals surface area contributed by atoms with Crippen LogP contribution in [0.5, 0.6) is 0 Å². The van der Waals surface area contributed by atoms with Crippen LogP contribution in [-0.2, 0) is 23.9 Å². The van der Waals surface area contributed by atoms with Crippen molar-refractivity contribution in [3.63, 3.8) is 0 Å². The van der Waals surface area contributed by atoms with Crippen LogP contribution in [0.2, 0.25) is 5.02 Å². The van der Waals surface area contributed by atoms with Crippen molar-refractivity contribution in [3.8, 4) is 0 Å². The molecule has 25 heavy (non-hydrogen) atoms. The van der Waals surface area contributed by atoms with Crippen molar-refractivity contribution < 1.29 is 23.9 Å². The van der Waals surface area contributed by atoms with Gasteiger partial charge < -0.3 is 14.4 Å². The first kappa shape index (κ1) is 18.7. The van der Waals surface area contributed by atoms with E-state index in [1.165, 1.54) is 38.1 Å². The zero-order chi connectivity index (χ0) is 18.8. The summed E-state index contributed by atoms with van der Waals surface area (Å²) in [6, 6.07) is 6.46. The Bertz CT molecular complexity index is 734. The maximum atomic E-state index is 12.7. The van der Waals surface area contributed by atoms with Crippen LogP contribution in [0.1, 0.15) is 13.3 Å². The molecule has 9 heteroatoms. The maximum absolute atomic E-state index is 12.7. The van der Waals surface area contributed by atoms with Crippen molar-refractivity contribution in [1.82, 2.24) is 4.90 Å². The number of ketones is 1. The molecule has 0 aromatic heterocycles. The Labute approximate surface area is 149 Å². The number of methoxy groups -OCH3 is 2. The molecule has 1 aliphatic heterocycles. The molecule has 0 unspecified atom stereocenters. The second-order valence-corrected chi connectivity index (χ2v) is 5.82. The molecule has 0 saturated carbocycles. The molecule has 0 radical (unpaired) electrons. The lowest BCUT2D eigenvalue weighted by atomic mass is 10.0. The number of Topliss-reactive ketones (excluding diaryl/α,β-unsaturated/α-hetero) is 1. The largest absolute Gasteiger partial charge is 0.469 e. The zero-order valence-electron chi connectivity index (χ0n) is 14.3. The highest BCUT2D eigenvalue weighted by atomic mass is 35.5. The first-order chi connectivity index (χ1) is 11.8. The van der Waals surface area contributed by atoms with Gasteiger partial charge in [-0.2, -0.15) is 0 Å². The van der Waals surface area contributed by atoms with E-state index in [-0.39, 0.29) is 11.6 Å². The molecule has 1 aromatic rings. The number of carbonyl (C=O) groups excluding carboxylic acids is 3. The minimum atomic E-state index is -1.68. The number of halogens is 1. The van der Waals surface area contributed by atoms with Crippen LogP contribution in [0.15, 0.2) is 29.4 Å². The smallest absolute Gasteiger partial charge is 0.355 e. The van der Waals surface area contributed by atoms with E-state index >= 15 is 0 Å². The number of nitrogens with zero attached hydrogens (tertiary/aromatic N) is 3. The highest BCUT2D eigenvalue weighted by Gasteiger charge is 2.57. The predicted molar refractivity (Wildman–Crippen MR) is 91.2 cm³/mol. The van der Waals surface area contributed by atoms with E-state index in [1.807, 2.05) is 0 Å². The summed E-state index contributed by atoms with van der Waals surface area (Å²) in [5.41, 5.74) is -1.22. The molecule has 0 N–H and O–H groups in total. The van der Waals surface area contributed by atoms with E-state index in [9.17, 15) is 14.4 Å². The number of ether oxygens (including phenoxy) is 2. The molecule has 1 atom stereocenters. The first-order valence-corrected chi connectivity index (χ1v) is 7.70. The van der Waals surface area contributed by atoms with Gasteiger partial charge in [0.1, 0.15) is 6.42 Å². The molecule has 2 rings (SSSR count). The summed E-state index contributed by atoms with van der Waals surface area (Å²) in [6.45, 7) is 1.32. The van der Waals surface area contributed by atoms with Crippen LogP contribution in [0, 0.1) is 0 Å². The normalized spacial score (nSPS) is 19.5. The fourth-order valence-corrected chi connectivity index (χ4v) is 2.77. The third-order valence-electron chi connectivity index (χ3n) is 3.93. The van der Waals surface area contributed by atoms with Gasteiger partial charge in [0.15, 0.2) is 11.6 Å². The van der Waals surface area contributed by atoms with Crippen molar-refractivity contribution >= 4 is 40.8 Å². The molecule has 0 spiro atoms. The summed E-state index contributed by atoms with van der Waals surface area (Å²) in [4.78, 5) is 38.0. The highest BCUT2D eigenvalue weighted by Crippen LogP contribution is 2.37. The van der Waals surface area contributed by atoms with Crippen LogP contribution in [0.4, 0.5) is 5.69 Å². The maximum Gasteiger partial charge on any atom is 0.355 e. The minimum absolute atomic E-state index is 0.0178. The fourth-order valence-electron chi connectivity index (χ4n) is 2.65. The van der Waals surface area contributed by atoms with Crippen LogP contribution in [0.25, 0.3) is 0 Å². The summed E-state index contributed by atoms with van der Waals surface area (Å²) in [7, 11) is 3.90. The van der Waals surface area contributed by atoms with Crippen LogP contribution >= 0.6 is 11.6 Å². The Kier molecular flexibility index (Phi) is 5.32. The van der Waals surface area contributed by atoms with Gasteiger partial charge in [0.05, 0.1) is 19.9 Å². The lowest BCUT2D eigenvalue weighted by Crippen LogP contribution is -2.62. The number of hydrogen-bond acceptors (Lipinski definition) is 8. The summed E-state index contributed by atoms with van der Waals surface area (Å²) in [5.74, 6) is -1.76. The van der Waals surface area contributed by atoms with Crippen molar-refractivity contribution in [3.05, 3.63) is 29.3 Å². The highest BCUT2D eigenvalue weighted by molar-refractivity contribution is 6.39. The van der Waals surface area contributed by atoms with E-state index in [1.54, 1.807) is 24.3 Å². The van der Waals surface area contributed by atoms with Gasteiger partial charge in [0.25, 0.3) is 0 Å². The second-order valence-electron chi connectivity index (χ2n) is 5.39. The zero-order valence-corrected chi connectivity index (χ0v) is 15.0. The van der Waals surface area contributed by atoms with Crippen LogP contribution < -0.4 is 5.01 Å². The van der Waals surface area contributed by atoms with E-state index < -0.39 is 24.0 Å². The van der Waals surface area contributed by atoms with E-state index in [2.05, 4.69) is 5.10 Å². The molecule has 0 fully saturated rings. The lowest BCUT2D eigenvalue weighted by Gasteiger charge is -2.39. The predicted octanol–water partition coefficient (Wildman–Crippen LogP) is 1.43. The average Bonchev–Trinajstić information content (AvgIpc) is 2.88. The van der Waals surface area contributed by atoms with Crippen LogP contribution in [-0.4, -0.2) is 55.4 Å². The molecular weight excluding hydrogens is 350 g/mol. The van der Waals surface area contributed by atoms with E-state index in [0.29, 0.717) is 10.7 Å². The molecule has 1 aromatic carbocycles. The molecule has 0 bridgehead atoms. The Morgan fingerprint density at radius 3 is 2.24 bits per heavy atom. The summed E-state index contributed by atoms with van der Waals surface area (Å²) < 4.78 is 9.64. The van der Waals surface area contributed by atoms with Crippen molar-refractivity contribution in [1.29, 1.82) is 0 Å². The molecule has 1 aliphatic rings. The van der Waals surface area contributed by atoms with Gasteiger partial charge in [-0.1, -0.05) is 11.6 Å². The fraction of sp³-hybridized carbons (Fsp3) is 0.375. The second kappa shape index (κ2) is 7.10. The monoisotopic (exact) mass is 367 g/mol. The topological polar surface area (TPSA) is 88.5 Å². The molecule has 1 heterocycles. The average molecular weight is 368 g/mol. The van der Waals surface area contributed by atoms with Gasteiger partial charge in [-0.3, -0.25) is 9.59 Å². The minimum Gasteiger partial charge on any atom is -0.469 e. The van der Waals surface area contributed by atoms with Crippen molar-refractivity contribution in [2.75, 3.05) is 26.3 Å². The number of hydrazone groups is 1. The number of likely N-dealkylation sites (N-methyl/N-ethyl adjacent to an activating group) is 1. The first-order valence-electron chi connectivity index (χ1n) is 7.32. The number of amidine groups is 1. The third kappa shape index (κ3) is 3.17. The van der Waals surface area contributed by atoms with Gasteiger partial charge >= 0.3 is 11.9 Å².